The van der Waals surface area contributed by atoms with Crippen LogP contribution >= 0.6 is 0 Å². The zero-order chi connectivity index (χ0) is 15.3. The molecular formula is C18H30NO2+. The molecule has 1 fully saturated rings. The maximum Gasteiger partial charge on any atom is 0.137 e. The third-order valence-electron chi connectivity index (χ3n) is 4.30. The topological polar surface area (TPSA) is 46.1 Å². The zero-order valence-electron chi connectivity index (χ0n) is 13.6. The lowest BCUT2D eigenvalue weighted by molar-refractivity contribution is -0.693. The molecule has 1 aliphatic rings. The van der Waals surface area contributed by atoms with Crippen LogP contribution in [-0.4, -0.2) is 30.4 Å². The van der Waals surface area contributed by atoms with Crippen molar-refractivity contribution in [2.45, 2.75) is 64.0 Å². The van der Waals surface area contributed by atoms with E-state index in [0.29, 0.717) is 12.6 Å². The van der Waals surface area contributed by atoms with Gasteiger partial charge in [-0.3, -0.25) is 0 Å². The van der Waals surface area contributed by atoms with Crippen molar-refractivity contribution in [1.29, 1.82) is 0 Å². The molecule has 1 saturated carbocycles. The van der Waals surface area contributed by atoms with Gasteiger partial charge in [-0.15, -0.1) is 0 Å². The number of benzene rings is 1. The summed E-state index contributed by atoms with van der Waals surface area (Å²) in [7, 11) is 0. The molecule has 0 bridgehead atoms. The molecular weight excluding hydrogens is 262 g/mol. The highest BCUT2D eigenvalue weighted by atomic mass is 16.5. The van der Waals surface area contributed by atoms with Gasteiger partial charge >= 0.3 is 0 Å². The Balaban J connectivity index is 1.71. The van der Waals surface area contributed by atoms with Gasteiger partial charge in [0, 0.05) is 0 Å². The van der Waals surface area contributed by atoms with Crippen LogP contribution in [0.4, 0.5) is 0 Å². The normalized spacial score (nSPS) is 17.9. The van der Waals surface area contributed by atoms with E-state index >= 15 is 0 Å². The Bertz CT molecular complexity index is 416. The third kappa shape index (κ3) is 5.33. The molecule has 118 valence electrons. The first-order valence-corrected chi connectivity index (χ1v) is 8.20. The highest BCUT2D eigenvalue weighted by Crippen LogP contribution is 2.24. The average Bonchev–Trinajstić information content (AvgIpc) is 2.95. The summed E-state index contributed by atoms with van der Waals surface area (Å²) in [5.74, 6) is 0.836. The SMILES string of the molecule is CC(C)(C)c1ccc(OC[C@@H](O)C[NH2+]C2CCCC2)cc1. The van der Waals surface area contributed by atoms with Crippen LogP contribution in [0.15, 0.2) is 24.3 Å². The van der Waals surface area contributed by atoms with Gasteiger partial charge in [0.1, 0.15) is 25.0 Å². The summed E-state index contributed by atoms with van der Waals surface area (Å²) in [4.78, 5) is 0. The Labute approximate surface area is 128 Å². The van der Waals surface area contributed by atoms with Crippen LogP contribution in [0.1, 0.15) is 52.0 Å². The molecule has 1 aromatic rings. The monoisotopic (exact) mass is 292 g/mol. The molecule has 0 unspecified atom stereocenters. The number of hydrogen-bond acceptors (Lipinski definition) is 2. The average molecular weight is 292 g/mol. The Hall–Kier alpha value is -1.06. The lowest BCUT2D eigenvalue weighted by Crippen LogP contribution is -2.91. The Morgan fingerprint density at radius 1 is 1.19 bits per heavy atom. The van der Waals surface area contributed by atoms with Crippen LogP contribution in [0.25, 0.3) is 0 Å². The van der Waals surface area contributed by atoms with Gasteiger partial charge in [-0.1, -0.05) is 32.9 Å². The van der Waals surface area contributed by atoms with Gasteiger partial charge in [-0.25, -0.2) is 0 Å². The lowest BCUT2D eigenvalue weighted by Gasteiger charge is -2.19. The minimum atomic E-state index is -0.395. The zero-order valence-corrected chi connectivity index (χ0v) is 13.6. The van der Waals surface area contributed by atoms with Gasteiger partial charge in [0.15, 0.2) is 0 Å². The van der Waals surface area contributed by atoms with Crippen molar-refractivity contribution in [2.24, 2.45) is 0 Å². The van der Waals surface area contributed by atoms with Crippen molar-refractivity contribution in [1.82, 2.24) is 0 Å². The number of nitrogens with two attached hydrogens (primary N) is 1. The summed E-state index contributed by atoms with van der Waals surface area (Å²) < 4.78 is 5.68. The van der Waals surface area contributed by atoms with Crippen molar-refractivity contribution in [2.75, 3.05) is 13.2 Å². The molecule has 3 nitrogen and oxygen atoms in total. The molecule has 0 aromatic heterocycles. The standard InChI is InChI=1S/C18H29NO2/c1-18(2,3)14-8-10-17(11-9-14)21-13-16(20)12-19-15-6-4-5-7-15/h8-11,15-16,19-20H,4-7,12-13H2,1-3H3/p+1/t16-/m0/s1. The highest BCUT2D eigenvalue weighted by Gasteiger charge is 2.19. The fourth-order valence-corrected chi connectivity index (χ4v) is 2.85. The first-order chi connectivity index (χ1) is 9.95. The highest BCUT2D eigenvalue weighted by molar-refractivity contribution is 5.31. The van der Waals surface area contributed by atoms with Crippen LogP contribution in [0.2, 0.25) is 0 Å². The first-order valence-electron chi connectivity index (χ1n) is 8.20. The maximum absolute atomic E-state index is 10.00. The summed E-state index contributed by atoms with van der Waals surface area (Å²) in [5, 5.41) is 12.3. The second kappa shape index (κ2) is 7.28. The van der Waals surface area contributed by atoms with E-state index in [-0.39, 0.29) is 5.41 Å². The summed E-state index contributed by atoms with van der Waals surface area (Å²) >= 11 is 0. The van der Waals surface area contributed by atoms with Gasteiger partial charge in [-0.2, -0.15) is 0 Å². The van der Waals surface area contributed by atoms with E-state index in [1.54, 1.807) is 0 Å². The van der Waals surface area contributed by atoms with E-state index in [9.17, 15) is 5.11 Å². The van der Waals surface area contributed by atoms with Crippen LogP contribution in [0, 0.1) is 0 Å². The van der Waals surface area contributed by atoms with Crippen molar-refractivity contribution in [3.05, 3.63) is 29.8 Å². The van der Waals surface area contributed by atoms with Crippen LogP contribution < -0.4 is 10.1 Å². The van der Waals surface area contributed by atoms with Crippen LogP contribution in [0.3, 0.4) is 0 Å². The van der Waals surface area contributed by atoms with Gasteiger partial charge in [0.05, 0.1) is 6.04 Å². The van der Waals surface area contributed by atoms with Gasteiger partial charge < -0.3 is 15.2 Å². The summed E-state index contributed by atoms with van der Waals surface area (Å²) in [6, 6.07) is 8.91. The minimum absolute atomic E-state index is 0.161. The van der Waals surface area contributed by atoms with E-state index in [0.717, 1.165) is 12.3 Å². The van der Waals surface area contributed by atoms with Crippen LogP contribution in [-0.2, 0) is 5.41 Å². The number of hydrogen-bond donors (Lipinski definition) is 2. The molecule has 0 spiro atoms. The predicted octanol–water partition coefficient (Wildman–Crippen LogP) is 2.23. The van der Waals surface area contributed by atoms with E-state index in [2.05, 4.69) is 38.2 Å². The molecule has 0 heterocycles. The van der Waals surface area contributed by atoms with Crippen molar-refractivity contribution >= 4 is 0 Å². The number of aliphatic hydroxyl groups is 1. The third-order valence-corrected chi connectivity index (χ3v) is 4.30. The van der Waals surface area contributed by atoms with Gasteiger partial charge in [-0.05, 0) is 48.8 Å². The molecule has 1 atom stereocenters. The molecule has 0 saturated heterocycles. The Morgan fingerprint density at radius 2 is 1.81 bits per heavy atom. The van der Waals surface area contributed by atoms with Crippen molar-refractivity contribution in [3.63, 3.8) is 0 Å². The number of rotatable bonds is 6. The molecule has 1 aromatic carbocycles. The molecule has 0 radical (unpaired) electrons. The largest absolute Gasteiger partial charge is 0.491 e. The minimum Gasteiger partial charge on any atom is -0.491 e. The lowest BCUT2D eigenvalue weighted by atomic mass is 9.87. The van der Waals surface area contributed by atoms with Crippen molar-refractivity contribution in [3.8, 4) is 5.75 Å². The summed E-state index contributed by atoms with van der Waals surface area (Å²) in [6.07, 6.45) is 4.87. The van der Waals surface area contributed by atoms with Gasteiger partial charge in [0.2, 0.25) is 0 Å². The second-order valence-corrected chi connectivity index (χ2v) is 7.26. The van der Waals surface area contributed by atoms with E-state index < -0.39 is 6.10 Å². The fraction of sp³-hybridized carbons (Fsp3) is 0.667. The number of quaternary nitrogens is 1. The quantitative estimate of drug-likeness (QED) is 0.844. The fourth-order valence-electron chi connectivity index (χ4n) is 2.85. The molecule has 2 rings (SSSR count). The molecule has 3 heteroatoms. The van der Waals surface area contributed by atoms with Crippen molar-refractivity contribution < 1.29 is 15.2 Å². The van der Waals surface area contributed by atoms with E-state index in [1.807, 2.05) is 12.1 Å². The van der Waals surface area contributed by atoms with E-state index in [1.165, 1.54) is 31.2 Å². The molecule has 3 N–H and O–H groups in total. The van der Waals surface area contributed by atoms with Crippen LogP contribution in [0.5, 0.6) is 5.75 Å². The molecule has 0 aliphatic heterocycles. The number of aliphatic hydroxyl groups excluding tert-OH is 1. The second-order valence-electron chi connectivity index (χ2n) is 7.26. The van der Waals surface area contributed by atoms with E-state index in [4.69, 9.17) is 4.74 Å². The molecule has 0 amide bonds. The molecule has 1 aliphatic carbocycles. The Morgan fingerprint density at radius 3 is 2.38 bits per heavy atom. The summed E-state index contributed by atoms with van der Waals surface area (Å²) in [5.41, 5.74) is 1.46. The summed E-state index contributed by atoms with van der Waals surface area (Å²) in [6.45, 7) is 7.71. The molecule has 21 heavy (non-hydrogen) atoms. The maximum atomic E-state index is 10.00. The first kappa shape index (κ1) is 16.3. The predicted molar refractivity (Wildman–Crippen MR) is 85.7 cm³/mol. The smallest absolute Gasteiger partial charge is 0.137 e. The Kier molecular flexibility index (Phi) is 5.65. The number of ether oxygens (including phenoxy) is 1. The van der Waals surface area contributed by atoms with Gasteiger partial charge in [0.25, 0.3) is 0 Å².